The monoisotopic (exact) mass is 370 g/mol. The molecule has 0 radical (unpaired) electrons. The summed E-state index contributed by atoms with van der Waals surface area (Å²) in [5.74, 6) is 0.932. The molecule has 0 amide bonds. The molecule has 3 rings (SSSR count). The Labute approximate surface area is 160 Å². The molecule has 6 heteroatoms. The number of benzene rings is 1. The molecule has 1 atom stereocenters. The number of hydrogen-bond acceptors (Lipinski definition) is 5. The van der Waals surface area contributed by atoms with Crippen LogP contribution in [0.25, 0.3) is 0 Å². The van der Waals surface area contributed by atoms with Gasteiger partial charge in [0.25, 0.3) is 0 Å². The second kappa shape index (κ2) is 8.97. The van der Waals surface area contributed by atoms with E-state index in [1.54, 1.807) is 26.4 Å². The molecule has 2 heterocycles. The topological polar surface area (TPSA) is 79.4 Å². The molecule has 6 nitrogen and oxygen atoms in total. The molecule has 1 aliphatic rings. The van der Waals surface area contributed by atoms with E-state index in [-0.39, 0.29) is 18.4 Å². The Balaban J connectivity index is 1.82. The van der Waals surface area contributed by atoms with E-state index >= 15 is 0 Å². The van der Waals surface area contributed by atoms with Crippen molar-refractivity contribution in [1.29, 1.82) is 0 Å². The number of nitrogens with zero attached hydrogens (tertiary/aromatic N) is 2. The number of quaternary nitrogens is 1. The van der Waals surface area contributed by atoms with Gasteiger partial charge in [0.2, 0.25) is 0 Å². The maximum atomic E-state index is 10.3. The Hall–Kier alpha value is -2.44. The van der Waals surface area contributed by atoms with Crippen LogP contribution in [0.15, 0.2) is 35.5 Å². The average Bonchev–Trinajstić information content (AvgIpc) is 3.23. The lowest BCUT2D eigenvalue weighted by Gasteiger charge is -2.23. The summed E-state index contributed by atoms with van der Waals surface area (Å²) >= 11 is 0. The number of rotatable bonds is 7. The van der Waals surface area contributed by atoms with E-state index in [0.717, 1.165) is 18.8 Å². The summed E-state index contributed by atoms with van der Waals surface area (Å²) in [6.07, 6.45) is 5.74. The Kier molecular flexibility index (Phi) is 6.42. The fourth-order valence-electron chi connectivity index (χ4n) is 3.66. The Morgan fingerprint density at radius 1 is 1.26 bits per heavy atom. The Morgan fingerprint density at radius 3 is 2.59 bits per heavy atom. The highest BCUT2D eigenvalue weighted by molar-refractivity contribution is 5.85. The molecule has 3 N–H and O–H groups in total. The van der Waals surface area contributed by atoms with Crippen LogP contribution in [0.2, 0.25) is 0 Å². The van der Waals surface area contributed by atoms with E-state index in [2.05, 4.69) is 22.1 Å². The smallest absolute Gasteiger partial charge is 0.145 e. The SMILES string of the molecule is COc1ccc([C@@H](CN=Cc2c(CO)cnc(C)c2O)[NH+]2CCCC2)cc1. The van der Waals surface area contributed by atoms with Crippen molar-refractivity contribution in [3.8, 4) is 11.5 Å². The van der Waals surface area contributed by atoms with Gasteiger partial charge in [-0.25, -0.2) is 0 Å². The van der Waals surface area contributed by atoms with Gasteiger partial charge in [-0.1, -0.05) is 0 Å². The summed E-state index contributed by atoms with van der Waals surface area (Å²) in [5.41, 5.74) is 2.90. The molecule has 2 aromatic rings. The van der Waals surface area contributed by atoms with Crippen molar-refractivity contribution in [2.24, 2.45) is 4.99 Å². The molecular formula is C21H28N3O3+. The largest absolute Gasteiger partial charge is 0.505 e. The van der Waals surface area contributed by atoms with E-state index in [4.69, 9.17) is 4.74 Å². The number of hydrogen-bond donors (Lipinski definition) is 3. The van der Waals surface area contributed by atoms with Crippen LogP contribution < -0.4 is 9.64 Å². The van der Waals surface area contributed by atoms with E-state index in [9.17, 15) is 10.2 Å². The van der Waals surface area contributed by atoms with Crippen LogP contribution in [0.1, 0.15) is 41.3 Å². The van der Waals surface area contributed by atoms with Crippen molar-refractivity contribution in [3.05, 3.63) is 52.8 Å². The highest BCUT2D eigenvalue weighted by Gasteiger charge is 2.27. The number of methoxy groups -OCH3 is 1. The molecule has 1 saturated heterocycles. The number of aryl methyl sites for hydroxylation is 1. The Bertz CT molecular complexity index is 784. The maximum absolute atomic E-state index is 10.3. The van der Waals surface area contributed by atoms with Gasteiger partial charge in [0, 0.05) is 41.9 Å². The van der Waals surface area contributed by atoms with Gasteiger partial charge >= 0.3 is 0 Å². The molecule has 1 aromatic heterocycles. The zero-order chi connectivity index (χ0) is 19.2. The minimum Gasteiger partial charge on any atom is -0.505 e. The van der Waals surface area contributed by atoms with Crippen molar-refractivity contribution in [3.63, 3.8) is 0 Å². The molecule has 27 heavy (non-hydrogen) atoms. The van der Waals surface area contributed by atoms with Gasteiger partial charge in [-0.2, -0.15) is 0 Å². The Morgan fingerprint density at radius 2 is 1.96 bits per heavy atom. The van der Waals surface area contributed by atoms with Crippen LogP contribution in [0.3, 0.4) is 0 Å². The zero-order valence-electron chi connectivity index (χ0n) is 16.0. The van der Waals surface area contributed by atoms with Crippen molar-refractivity contribution < 1.29 is 19.8 Å². The number of nitrogens with one attached hydrogen (secondary N) is 1. The molecule has 144 valence electrons. The van der Waals surface area contributed by atoms with Crippen molar-refractivity contribution in [1.82, 2.24) is 4.98 Å². The van der Waals surface area contributed by atoms with Gasteiger partial charge in [0.05, 0.1) is 39.0 Å². The highest BCUT2D eigenvalue weighted by atomic mass is 16.5. The van der Waals surface area contributed by atoms with Crippen LogP contribution in [-0.2, 0) is 6.61 Å². The molecule has 0 spiro atoms. The van der Waals surface area contributed by atoms with E-state index < -0.39 is 0 Å². The van der Waals surface area contributed by atoms with Crippen LogP contribution in [-0.4, -0.2) is 48.2 Å². The van der Waals surface area contributed by atoms with Crippen LogP contribution >= 0.6 is 0 Å². The molecule has 1 aliphatic heterocycles. The van der Waals surface area contributed by atoms with E-state index in [1.165, 1.54) is 23.3 Å². The summed E-state index contributed by atoms with van der Waals surface area (Å²) in [5, 5.41) is 19.8. The number of aromatic hydroxyl groups is 1. The third-order valence-electron chi connectivity index (χ3n) is 5.29. The summed E-state index contributed by atoms with van der Waals surface area (Å²) in [4.78, 5) is 10.3. The molecule has 1 aromatic carbocycles. The van der Waals surface area contributed by atoms with Gasteiger partial charge in [0.1, 0.15) is 17.5 Å². The number of aromatic nitrogens is 1. The quantitative estimate of drug-likeness (QED) is 0.645. The predicted octanol–water partition coefficient (Wildman–Crippen LogP) is 1.44. The normalized spacial score (nSPS) is 16.1. The summed E-state index contributed by atoms with van der Waals surface area (Å²) in [6, 6.07) is 8.46. The third-order valence-corrected chi connectivity index (χ3v) is 5.29. The number of aliphatic hydroxyl groups excluding tert-OH is 1. The fraction of sp³-hybridized carbons (Fsp3) is 0.429. The average molecular weight is 370 g/mol. The lowest BCUT2D eigenvalue weighted by atomic mass is 10.1. The first-order valence-electron chi connectivity index (χ1n) is 9.40. The number of aliphatic imine (C=N–C) groups is 1. The standard InChI is InChI=1S/C21H27N3O3/c1-15-21(26)19(17(14-25)11-23-15)12-22-13-20(24-9-3-4-10-24)16-5-7-18(27-2)8-6-16/h5-8,11-12,20,25-26H,3-4,9-10,13-14H2,1-2H3/p+1/t20-/m1/s1. The summed E-state index contributed by atoms with van der Waals surface area (Å²) < 4.78 is 5.27. The molecule has 0 unspecified atom stereocenters. The van der Waals surface area contributed by atoms with E-state index in [1.807, 2.05) is 12.1 Å². The lowest BCUT2D eigenvalue weighted by molar-refractivity contribution is -0.918. The van der Waals surface area contributed by atoms with Gasteiger partial charge in [-0.15, -0.1) is 0 Å². The van der Waals surface area contributed by atoms with Gasteiger partial charge in [0.15, 0.2) is 0 Å². The molecular weight excluding hydrogens is 342 g/mol. The summed E-state index contributed by atoms with van der Waals surface area (Å²) in [6.45, 7) is 4.47. The fourth-order valence-corrected chi connectivity index (χ4v) is 3.66. The number of pyridine rings is 1. The third kappa shape index (κ3) is 4.46. The second-order valence-corrected chi connectivity index (χ2v) is 6.97. The van der Waals surface area contributed by atoms with Crippen molar-refractivity contribution in [2.45, 2.75) is 32.4 Å². The number of ether oxygens (including phenoxy) is 1. The number of aliphatic hydroxyl groups is 1. The molecule has 0 bridgehead atoms. The van der Waals surface area contributed by atoms with Gasteiger partial charge in [-0.05, 0) is 31.2 Å². The van der Waals surface area contributed by atoms with Crippen LogP contribution in [0, 0.1) is 6.92 Å². The van der Waals surface area contributed by atoms with E-state index in [0.29, 0.717) is 23.4 Å². The molecule has 0 saturated carbocycles. The summed E-state index contributed by atoms with van der Waals surface area (Å²) in [7, 11) is 1.67. The minimum atomic E-state index is -0.179. The highest BCUT2D eigenvalue weighted by Crippen LogP contribution is 2.22. The number of likely N-dealkylation sites (tertiary alicyclic amines) is 1. The van der Waals surface area contributed by atoms with Gasteiger partial charge in [-0.3, -0.25) is 9.98 Å². The van der Waals surface area contributed by atoms with Crippen molar-refractivity contribution in [2.75, 3.05) is 26.7 Å². The van der Waals surface area contributed by atoms with Crippen LogP contribution in [0.5, 0.6) is 11.5 Å². The minimum absolute atomic E-state index is 0.0832. The first-order chi connectivity index (χ1) is 13.1. The van der Waals surface area contributed by atoms with Crippen LogP contribution in [0.4, 0.5) is 0 Å². The predicted molar refractivity (Wildman–Crippen MR) is 105 cm³/mol. The molecule has 0 aliphatic carbocycles. The lowest BCUT2D eigenvalue weighted by Crippen LogP contribution is -3.10. The second-order valence-electron chi connectivity index (χ2n) is 6.97. The molecule has 1 fully saturated rings. The first kappa shape index (κ1) is 19.3. The van der Waals surface area contributed by atoms with Gasteiger partial charge < -0.3 is 19.8 Å². The van der Waals surface area contributed by atoms with Crippen molar-refractivity contribution >= 4 is 6.21 Å². The zero-order valence-corrected chi connectivity index (χ0v) is 16.0. The maximum Gasteiger partial charge on any atom is 0.145 e. The first-order valence-corrected chi connectivity index (χ1v) is 9.40.